The summed E-state index contributed by atoms with van der Waals surface area (Å²) in [5.41, 5.74) is 6.03. The van der Waals surface area contributed by atoms with Gasteiger partial charge in [-0.15, -0.1) is 0 Å². The normalized spacial score (nSPS) is 27.6. The lowest BCUT2D eigenvalue weighted by molar-refractivity contribution is -0.137. The Morgan fingerprint density at radius 1 is 1.26 bits per heavy atom. The molecule has 1 aliphatic carbocycles. The number of carbonyl (C=O) groups excluding carboxylic acids is 1. The minimum absolute atomic E-state index is 0.0492. The van der Waals surface area contributed by atoms with E-state index in [1.807, 2.05) is 21.1 Å². The third-order valence-corrected chi connectivity index (χ3v) is 3.83. The molecule has 5 nitrogen and oxygen atoms in total. The summed E-state index contributed by atoms with van der Waals surface area (Å²) in [6.45, 7) is 3.89. The Labute approximate surface area is 117 Å². The fraction of sp³-hybridized carbons (Fsp3) is 0.929. The first kappa shape index (κ1) is 16.4. The first-order valence-electron chi connectivity index (χ1n) is 7.09. The summed E-state index contributed by atoms with van der Waals surface area (Å²) in [5.74, 6) is 0.0583. The van der Waals surface area contributed by atoms with Crippen LogP contribution in [0.2, 0.25) is 0 Å². The number of amides is 1. The summed E-state index contributed by atoms with van der Waals surface area (Å²) < 4.78 is 5.71. The van der Waals surface area contributed by atoms with Crippen LogP contribution >= 0.6 is 0 Å². The molecule has 0 unspecified atom stereocenters. The van der Waals surface area contributed by atoms with E-state index in [0.717, 1.165) is 38.8 Å². The van der Waals surface area contributed by atoms with E-state index in [4.69, 9.17) is 10.5 Å². The second-order valence-electron chi connectivity index (χ2n) is 6.28. The molecule has 0 saturated heterocycles. The molecule has 112 valence electrons. The number of hydrogen-bond donors (Lipinski definition) is 1. The maximum Gasteiger partial charge on any atom is 0.248 e. The van der Waals surface area contributed by atoms with Crippen LogP contribution in [0.15, 0.2) is 0 Å². The highest BCUT2D eigenvalue weighted by Gasteiger charge is 2.28. The molecule has 0 spiro atoms. The maximum absolute atomic E-state index is 11.9. The molecule has 0 aromatic carbocycles. The Kier molecular flexibility index (Phi) is 6.23. The van der Waals surface area contributed by atoms with Crippen LogP contribution < -0.4 is 5.73 Å². The lowest BCUT2D eigenvalue weighted by Gasteiger charge is -2.34. The van der Waals surface area contributed by atoms with Gasteiger partial charge in [-0.3, -0.25) is 4.79 Å². The molecule has 1 saturated carbocycles. The fourth-order valence-corrected chi connectivity index (χ4v) is 2.19. The van der Waals surface area contributed by atoms with Gasteiger partial charge < -0.3 is 20.3 Å². The molecule has 0 aromatic rings. The minimum atomic E-state index is -0.0492. The molecule has 0 radical (unpaired) electrons. The number of nitrogens with zero attached hydrogens (tertiary/aromatic N) is 2. The van der Waals surface area contributed by atoms with Gasteiger partial charge in [0.05, 0.1) is 6.10 Å². The lowest BCUT2D eigenvalue weighted by atomic mass is 9.83. The number of rotatable bonds is 6. The van der Waals surface area contributed by atoms with Crippen molar-refractivity contribution in [1.29, 1.82) is 0 Å². The molecule has 1 aliphatic rings. The van der Waals surface area contributed by atoms with Gasteiger partial charge >= 0.3 is 0 Å². The highest BCUT2D eigenvalue weighted by atomic mass is 16.5. The highest BCUT2D eigenvalue weighted by molar-refractivity contribution is 5.77. The third kappa shape index (κ3) is 6.36. The van der Waals surface area contributed by atoms with E-state index in [0.29, 0.717) is 0 Å². The standard InChI is InChI=1S/C14H29N3O2/c1-14(15)7-5-12(6-8-14)19-11-13(18)17(4)10-9-16(2)3/h12H,5-11,15H2,1-4H3. The summed E-state index contributed by atoms with van der Waals surface area (Å²) in [4.78, 5) is 15.7. The van der Waals surface area contributed by atoms with Crippen molar-refractivity contribution in [3.63, 3.8) is 0 Å². The molecule has 0 atom stereocenters. The molecule has 1 amide bonds. The Hall–Kier alpha value is -0.650. The van der Waals surface area contributed by atoms with E-state index < -0.39 is 0 Å². The van der Waals surface area contributed by atoms with Crippen LogP contribution in [0.3, 0.4) is 0 Å². The first-order valence-corrected chi connectivity index (χ1v) is 7.09. The predicted molar refractivity (Wildman–Crippen MR) is 77.0 cm³/mol. The topological polar surface area (TPSA) is 58.8 Å². The molecule has 0 aromatic heterocycles. The Morgan fingerprint density at radius 3 is 2.37 bits per heavy atom. The smallest absolute Gasteiger partial charge is 0.248 e. The van der Waals surface area contributed by atoms with Crippen LogP contribution in [0, 0.1) is 0 Å². The Morgan fingerprint density at radius 2 is 1.84 bits per heavy atom. The SMILES string of the molecule is CN(C)CCN(C)C(=O)COC1CCC(C)(N)CC1. The van der Waals surface area contributed by atoms with Crippen molar-refractivity contribution in [2.75, 3.05) is 40.8 Å². The molecular weight excluding hydrogens is 242 g/mol. The number of hydrogen-bond acceptors (Lipinski definition) is 4. The average molecular weight is 271 g/mol. The zero-order valence-corrected chi connectivity index (χ0v) is 12.8. The summed E-state index contributed by atoms with van der Waals surface area (Å²) in [6, 6.07) is 0. The van der Waals surface area contributed by atoms with E-state index in [9.17, 15) is 4.79 Å². The van der Waals surface area contributed by atoms with Gasteiger partial charge in [0.25, 0.3) is 0 Å². The molecule has 0 heterocycles. The second-order valence-corrected chi connectivity index (χ2v) is 6.28. The zero-order valence-electron chi connectivity index (χ0n) is 12.8. The third-order valence-electron chi connectivity index (χ3n) is 3.83. The summed E-state index contributed by atoms with van der Waals surface area (Å²) >= 11 is 0. The van der Waals surface area contributed by atoms with Crippen molar-refractivity contribution in [3.05, 3.63) is 0 Å². The van der Waals surface area contributed by atoms with Crippen molar-refractivity contribution in [1.82, 2.24) is 9.80 Å². The van der Waals surface area contributed by atoms with E-state index in [1.54, 1.807) is 4.90 Å². The van der Waals surface area contributed by atoms with Crippen molar-refractivity contribution < 1.29 is 9.53 Å². The molecule has 19 heavy (non-hydrogen) atoms. The molecule has 1 rings (SSSR count). The molecule has 5 heteroatoms. The lowest BCUT2D eigenvalue weighted by Crippen LogP contribution is -2.42. The summed E-state index contributed by atoms with van der Waals surface area (Å²) in [6.07, 6.45) is 4.07. The van der Waals surface area contributed by atoms with Crippen LogP contribution in [-0.4, -0.2) is 68.2 Å². The monoisotopic (exact) mass is 271 g/mol. The van der Waals surface area contributed by atoms with Crippen molar-refractivity contribution in [2.45, 2.75) is 44.2 Å². The number of likely N-dealkylation sites (N-methyl/N-ethyl adjacent to an activating group) is 2. The van der Waals surface area contributed by atoms with E-state index in [2.05, 4.69) is 11.8 Å². The van der Waals surface area contributed by atoms with Crippen molar-refractivity contribution >= 4 is 5.91 Å². The maximum atomic E-state index is 11.9. The highest BCUT2D eigenvalue weighted by Crippen LogP contribution is 2.27. The number of ether oxygens (including phenoxy) is 1. The molecule has 0 aliphatic heterocycles. The largest absolute Gasteiger partial charge is 0.368 e. The molecule has 2 N–H and O–H groups in total. The number of carbonyl (C=O) groups is 1. The average Bonchev–Trinajstić information content (AvgIpc) is 2.34. The Bertz CT molecular complexity index is 282. The Balaban J connectivity index is 2.20. The van der Waals surface area contributed by atoms with Crippen LogP contribution in [0.4, 0.5) is 0 Å². The van der Waals surface area contributed by atoms with Crippen LogP contribution in [0.5, 0.6) is 0 Å². The summed E-state index contributed by atoms with van der Waals surface area (Å²) in [5, 5.41) is 0. The van der Waals surface area contributed by atoms with Crippen molar-refractivity contribution in [3.8, 4) is 0 Å². The first-order chi connectivity index (χ1) is 8.80. The van der Waals surface area contributed by atoms with Crippen LogP contribution in [-0.2, 0) is 9.53 Å². The molecular formula is C14H29N3O2. The van der Waals surface area contributed by atoms with Gasteiger partial charge in [-0.1, -0.05) is 0 Å². The molecule has 0 bridgehead atoms. The van der Waals surface area contributed by atoms with Gasteiger partial charge in [0.2, 0.25) is 5.91 Å². The van der Waals surface area contributed by atoms with Crippen LogP contribution in [0.1, 0.15) is 32.6 Å². The van der Waals surface area contributed by atoms with Crippen molar-refractivity contribution in [2.24, 2.45) is 5.73 Å². The zero-order chi connectivity index (χ0) is 14.5. The van der Waals surface area contributed by atoms with Crippen LogP contribution in [0.25, 0.3) is 0 Å². The predicted octanol–water partition coefficient (Wildman–Crippen LogP) is 0.683. The molecule has 1 fully saturated rings. The quantitative estimate of drug-likeness (QED) is 0.772. The number of nitrogens with two attached hydrogens (primary N) is 1. The van der Waals surface area contributed by atoms with Gasteiger partial charge in [0.15, 0.2) is 0 Å². The van der Waals surface area contributed by atoms with Gasteiger partial charge in [-0.25, -0.2) is 0 Å². The van der Waals surface area contributed by atoms with Gasteiger partial charge in [0.1, 0.15) is 6.61 Å². The van der Waals surface area contributed by atoms with E-state index in [1.165, 1.54) is 0 Å². The van der Waals surface area contributed by atoms with Gasteiger partial charge in [0, 0.05) is 25.7 Å². The minimum Gasteiger partial charge on any atom is -0.368 e. The fourth-order valence-electron chi connectivity index (χ4n) is 2.19. The summed E-state index contributed by atoms with van der Waals surface area (Å²) in [7, 11) is 5.83. The second kappa shape index (κ2) is 7.22. The van der Waals surface area contributed by atoms with E-state index in [-0.39, 0.29) is 24.2 Å². The van der Waals surface area contributed by atoms with Gasteiger partial charge in [-0.2, -0.15) is 0 Å². The van der Waals surface area contributed by atoms with Gasteiger partial charge in [-0.05, 0) is 46.7 Å². The van der Waals surface area contributed by atoms with E-state index >= 15 is 0 Å².